The van der Waals surface area contributed by atoms with Crippen molar-refractivity contribution < 1.29 is 0 Å². The zero-order chi connectivity index (χ0) is 11.4. The van der Waals surface area contributed by atoms with Crippen LogP contribution in [0.5, 0.6) is 0 Å². The Balaban J connectivity index is 1.95. The molecule has 0 aliphatic heterocycles. The van der Waals surface area contributed by atoms with E-state index in [0.717, 1.165) is 24.8 Å². The van der Waals surface area contributed by atoms with Gasteiger partial charge in [0.2, 0.25) is 0 Å². The Morgan fingerprint density at radius 2 is 2.38 bits per heavy atom. The molecule has 2 rings (SSSR count). The van der Waals surface area contributed by atoms with Gasteiger partial charge in [-0.2, -0.15) is 5.10 Å². The summed E-state index contributed by atoms with van der Waals surface area (Å²) in [6, 6.07) is 0.576. The van der Waals surface area contributed by atoms with Crippen LogP contribution in [0.2, 0.25) is 0 Å². The van der Waals surface area contributed by atoms with E-state index in [2.05, 4.69) is 33.9 Å². The van der Waals surface area contributed by atoms with Gasteiger partial charge in [-0.1, -0.05) is 26.7 Å². The molecular weight excluding hydrogens is 200 g/mol. The van der Waals surface area contributed by atoms with Crippen LogP contribution in [0.15, 0.2) is 6.33 Å². The molecule has 2 atom stereocenters. The van der Waals surface area contributed by atoms with E-state index >= 15 is 0 Å². The van der Waals surface area contributed by atoms with Gasteiger partial charge in [-0.3, -0.25) is 0 Å². The van der Waals surface area contributed by atoms with Crippen LogP contribution < -0.4 is 5.32 Å². The normalized spacial score (nSPS) is 25.9. The third-order valence-corrected chi connectivity index (χ3v) is 3.37. The summed E-state index contributed by atoms with van der Waals surface area (Å²) >= 11 is 0. The molecule has 1 saturated carbocycles. The van der Waals surface area contributed by atoms with Gasteiger partial charge >= 0.3 is 0 Å². The molecule has 0 radical (unpaired) electrons. The van der Waals surface area contributed by atoms with Crippen molar-refractivity contribution in [1.82, 2.24) is 20.1 Å². The standard InChI is InChI=1S/C12H22N4/c1-3-13-8-12-14-9-16(15-12)11-6-4-5-10(2)7-11/h9-11,13H,3-8H2,1-2H3. The Hall–Kier alpha value is -0.900. The Morgan fingerprint density at radius 1 is 1.50 bits per heavy atom. The van der Waals surface area contributed by atoms with Gasteiger partial charge in [0.1, 0.15) is 6.33 Å². The van der Waals surface area contributed by atoms with Crippen LogP contribution in [0, 0.1) is 5.92 Å². The second-order valence-electron chi connectivity index (χ2n) is 4.85. The molecule has 0 amide bonds. The predicted octanol–water partition coefficient (Wildman–Crippen LogP) is 2.14. The van der Waals surface area contributed by atoms with Gasteiger partial charge in [0, 0.05) is 0 Å². The highest BCUT2D eigenvalue weighted by Gasteiger charge is 2.21. The van der Waals surface area contributed by atoms with E-state index in [1.165, 1.54) is 25.7 Å². The van der Waals surface area contributed by atoms with E-state index < -0.39 is 0 Å². The van der Waals surface area contributed by atoms with Crippen LogP contribution in [-0.2, 0) is 6.54 Å². The molecule has 4 nitrogen and oxygen atoms in total. The number of hydrogen-bond donors (Lipinski definition) is 1. The predicted molar refractivity (Wildman–Crippen MR) is 64.1 cm³/mol. The number of aromatic nitrogens is 3. The number of nitrogens with zero attached hydrogens (tertiary/aromatic N) is 3. The van der Waals surface area contributed by atoms with Crippen molar-refractivity contribution in [2.75, 3.05) is 6.54 Å². The van der Waals surface area contributed by atoms with Crippen molar-refractivity contribution in [3.05, 3.63) is 12.2 Å². The maximum Gasteiger partial charge on any atom is 0.164 e. The fourth-order valence-electron chi connectivity index (χ4n) is 2.45. The second kappa shape index (κ2) is 5.43. The van der Waals surface area contributed by atoms with Gasteiger partial charge in [-0.05, 0) is 25.3 Å². The summed E-state index contributed by atoms with van der Waals surface area (Å²) in [4.78, 5) is 4.34. The van der Waals surface area contributed by atoms with E-state index in [1.54, 1.807) is 0 Å². The highest BCUT2D eigenvalue weighted by molar-refractivity contribution is 4.84. The largest absolute Gasteiger partial charge is 0.310 e. The molecule has 1 aliphatic rings. The van der Waals surface area contributed by atoms with E-state index in [4.69, 9.17) is 0 Å². The lowest BCUT2D eigenvalue weighted by Gasteiger charge is -2.26. The van der Waals surface area contributed by atoms with Crippen LogP contribution in [0.3, 0.4) is 0 Å². The number of rotatable bonds is 4. The summed E-state index contributed by atoms with van der Waals surface area (Å²) in [5.41, 5.74) is 0. The van der Waals surface area contributed by atoms with Gasteiger partial charge in [0.25, 0.3) is 0 Å². The lowest BCUT2D eigenvalue weighted by molar-refractivity contribution is 0.265. The first kappa shape index (κ1) is 11.6. The molecule has 1 aromatic rings. The molecule has 0 bridgehead atoms. The summed E-state index contributed by atoms with van der Waals surface area (Å²) in [6.45, 7) is 6.18. The first-order valence-corrected chi connectivity index (χ1v) is 6.40. The Bertz CT molecular complexity index is 321. The van der Waals surface area contributed by atoms with E-state index in [-0.39, 0.29) is 0 Å². The van der Waals surface area contributed by atoms with Gasteiger partial charge in [0.05, 0.1) is 12.6 Å². The molecule has 1 N–H and O–H groups in total. The lowest BCUT2D eigenvalue weighted by Crippen LogP contribution is -2.19. The Labute approximate surface area is 97.5 Å². The van der Waals surface area contributed by atoms with Crippen molar-refractivity contribution in [3.8, 4) is 0 Å². The Morgan fingerprint density at radius 3 is 3.12 bits per heavy atom. The average molecular weight is 222 g/mol. The molecule has 1 heterocycles. The van der Waals surface area contributed by atoms with Gasteiger partial charge in [0.15, 0.2) is 5.82 Å². The highest BCUT2D eigenvalue weighted by atomic mass is 15.3. The van der Waals surface area contributed by atoms with E-state index in [9.17, 15) is 0 Å². The minimum Gasteiger partial charge on any atom is -0.310 e. The minimum absolute atomic E-state index is 0.576. The third-order valence-electron chi connectivity index (χ3n) is 3.37. The monoisotopic (exact) mass is 222 g/mol. The smallest absolute Gasteiger partial charge is 0.164 e. The summed E-state index contributed by atoms with van der Waals surface area (Å²) < 4.78 is 2.07. The first-order valence-electron chi connectivity index (χ1n) is 6.40. The molecule has 2 unspecified atom stereocenters. The summed E-state index contributed by atoms with van der Waals surface area (Å²) in [5.74, 6) is 1.75. The fourth-order valence-corrected chi connectivity index (χ4v) is 2.45. The van der Waals surface area contributed by atoms with Gasteiger partial charge < -0.3 is 5.32 Å². The lowest BCUT2D eigenvalue weighted by atomic mass is 9.87. The van der Waals surface area contributed by atoms with Crippen molar-refractivity contribution in [2.45, 2.75) is 52.1 Å². The Kier molecular flexibility index (Phi) is 3.93. The van der Waals surface area contributed by atoms with Crippen LogP contribution >= 0.6 is 0 Å². The van der Waals surface area contributed by atoms with Crippen LogP contribution in [0.4, 0.5) is 0 Å². The van der Waals surface area contributed by atoms with Gasteiger partial charge in [-0.15, -0.1) is 0 Å². The summed E-state index contributed by atoms with van der Waals surface area (Å²) in [7, 11) is 0. The highest BCUT2D eigenvalue weighted by Crippen LogP contribution is 2.31. The minimum atomic E-state index is 0.576. The second-order valence-corrected chi connectivity index (χ2v) is 4.85. The zero-order valence-electron chi connectivity index (χ0n) is 10.3. The van der Waals surface area contributed by atoms with Crippen molar-refractivity contribution in [3.63, 3.8) is 0 Å². The molecule has 0 saturated heterocycles. The molecule has 1 aliphatic carbocycles. The molecule has 1 fully saturated rings. The maximum absolute atomic E-state index is 4.55. The molecule has 0 aromatic carbocycles. The molecule has 4 heteroatoms. The van der Waals surface area contributed by atoms with Crippen LogP contribution in [0.1, 0.15) is 51.4 Å². The summed E-state index contributed by atoms with van der Waals surface area (Å²) in [5, 5.41) is 7.80. The molecular formula is C12H22N4. The van der Waals surface area contributed by atoms with Crippen LogP contribution in [0.25, 0.3) is 0 Å². The quantitative estimate of drug-likeness (QED) is 0.848. The van der Waals surface area contributed by atoms with Gasteiger partial charge in [-0.25, -0.2) is 9.67 Å². The van der Waals surface area contributed by atoms with E-state index in [0.29, 0.717) is 6.04 Å². The van der Waals surface area contributed by atoms with E-state index in [1.807, 2.05) is 6.33 Å². The van der Waals surface area contributed by atoms with Crippen molar-refractivity contribution in [2.24, 2.45) is 5.92 Å². The maximum atomic E-state index is 4.55. The average Bonchev–Trinajstić information content (AvgIpc) is 2.75. The molecule has 90 valence electrons. The zero-order valence-corrected chi connectivity index (χ0v) is 10.3. The van der Waals surface area contributed by atoms with Crippen molar-refractivity contribution in [1.29, 1.82) is 0 Å². The summed E-state index contributed by atoms with van der Waals surface area (Å²) in [6.07, 6.45) is 7.11. The first-order chi connectivity index (χ1) is 7.79. The van der Waals surface area contributed by atoms with Crippen LogP contribution in [-0.4, -0.2) is 21.3 Å². The van der Waals surface area contributed by atoms with Crippen molar-refractivity contribution >= 4 is 0 Å². The third kappa shape index (κ3) is 2.82. The fraction of sp³-hybridized carbons (Fsp3) is 0.833. The molecule has 0 spiro atoms. The number of nitrogens with one attached hydrogen (secondary N) is 1. The molecule has 16 heavy (non-hydrogen) atoms. The SMILES string of the molecule is CCNCc1ncn(C2CCCC(C)C2)n1. The number of hydrogen-bond acceptors (Lipinski definition) is 3. The topological polar surface area (TPSA) is 42.7 Å². The molecule has 1 aromatic heterocycles.